The van der Waals surface area contributed by atoms with Crippen LogP contribution in [-0.4, -0.2) is 25.2 Å². The third-order valence-corrected chi connectivity index (χ3v) is 3.94. The van der Waals surface area contributed by atoms with Crippen molar-refractivity contribution >= 4 is 10.9 Å². The van der Waals surface area contributed by atoms with Crippen molar-refractivity contribution in [3.05, 3.63) is 60.3 Å². The fourth-order valence-corrected chi connectivity index (χ4v) is 2.59. The van der Waals surface area contributed by atoms with E-state index in [0.717, 1.165) is 23.6 Å². The standard InChI is InChI=1S/C19H22N2O2/c1-14(16-4-3-5-17(12-16)22-2)20-10-11-23-18-7-6-15-8-9-21-19(15)13-18/h3-9,12-14,20-21H,10-11H2,1-2H3. The van der Waals surface area contributed by atoms with Gasteiger partial charge in [0.1, 0.15) is 18.1 Å². The number of hydrogen-bond acceptors (Lipinski definition) is 3. The van der Waals surface area contributed by atoms with E-state index in [1.54, 1.807) is 7.11 Å². The third-order valence-electron chi connectivity index (χ3n) is 3.94. The number of aromatic amines is 1. The molecule has 0 bridgehead atoms. The Hall–Kier alpha value is -2.46. The summed E-state index contributed by atoms with van der Waals surface area (Å²) < 4.78 is 11.1. The lowest BCUT2D eigenvalue weighted by Gasteiger charge is -2.15. The molecule has 1 atom stereocenters. The van der Waals surface area contributed by atoms with Crippen LogP contribution in [0.5, 0.6) is 11.5 Å². The maximum Gasteiger partial charge on any atom is 0.121 e. The van der Waals surface area contributed by atoms with Gasteiger partial charge in [-0.3, -0.25) is 0 Å². The molecule has 0 saturated carbocycles. The van der Waals surface area contributed by atoms with Gasteiger partial charge in [-0.15, -0.1) is 0 Å². The molecule has 0 aliphatic rings. The number of hydrogen-bond donors (Lipinski definition) is 2. The number of H-pyrrole nitrogens is 1. The molecule has 3 rings (SSSR count). The van der Waals surface area contributed by atoms with E-state index >= 15 is 0 Å². The second kappa shape index (κ2) is 7.20. The zero-order chi connectivity index (χ0) is 16.1. The first kappa shape index (κ1) is 15.4. The number of fused-ring (bicyclic) bond motifs is 1. The summed E-state index contributed by atoms with van der Waals surface area (Å²) in [6, 6.07) is 16.5. The Morgan fingerprint density at radius 2 is 2.00 bits per heavy atom. The fraction of sp³-hybridized carbons (Fsp3) is 0.263. The van der Waals surface area contributed by atoms with Gasteiger partial charge in [0.2, 0.25) is 0 Å². The van der Waals surface area contributed by atoms with E-state index in [1.807, 2.05) is 30.5 Å². The van der Waals surface area contributed by atoms with Crippen LogP contribution < -0.4 is 14.8 Å². The SMILES string of the molecule is COc1cccc(C(C)NCCOc2ccc3cc[nH]c3c2)c1. The highest BCUT2D eigenvalue weighted by atomic mass is 16.5. The first-order valence-corrected chi connectivity index (χ1v) is 7.83. The van der Waals surface area contributed by atoms with Crippen LogP contribution in [0.1, 0.15) is 18.5 Å². The van der Waals surface area contributed by atoms with Crippen molar-refractivity contribution in [2.45, 2.75) is 13.0 Å². The van der Waals surface area contributed by atoms with Crippen LogP contribution in [0.2, 0.25) is 0 Å². The van der Waals surface area contributed by atoms with E-state index in [9.17, 15) is 0 Å². The van der Waals surface area contributed by atoms with Crippen LogP contribution in [0.25, 0.3) is 10.9 Å². The van der Waals surface area contributed by atoms with Gasteiger partial charge < -0.3 is 19.8 Å². The minimum atomic E-state index is 0.250. The van der Waals surface area contributed by atoms with Gasteiger partial charge in [-0.2, -0.15) is 0 Å². The van der Waals surface area contributed by atoms with E-state index in [1.165, 1.54) is 10.9 Å². The minimum Gasteiger partial charge on any atom is -0.497 e. The number of benzene rings is 2. The number of aromatic nitrogens is 1. The fourth-order valence-electron chi connectivity index (χ4n) is 2.59. The molecule has 0 radical (unpaired) electrons. The number of rotatable bonds is 7. The predicted molar refractivity (Wildman–Crippen MR) is 93.2 cm³/mol. The van der Waals surface area contributed by atoms with E-state index in [4.69, 9.17) is 9.47 Å². The first-order valence-electron chi connectivity index (χ1n) is 7.83. The molecule has 0 spiro atoms. The van der Waals surface area contributed by atoms with Gasteiger partial charge in [0, 0.05) is 30.4 Å². The van der Waals surface area contributed by atoms with Gasteiger partial charge >= 0.3 is 0 Å². The molecule has 0 saturated heterocycles. The molecule has 1 unspecified atom stereocenters. The van der Waals surface area contributed by atoms with Gasteiger partial charge in [-0.1, -0.05) is 12.1 Å². The Bertz CT molecular complexity index is 767. The molecule has 120 valence electrons. The van der Waals surface area contributed by atoms with Crippen molar-refractivity contribution in [1.82, 2.24) is 10.3 Å². The minimum absolute atomic E-state index is 0.250. The molecule has 0 aliphatic carbocycles. The van der Waals surface area contributed by atoms with Crippen molar-refractivity contribution in [2.24, 2.45) is 0 Å². The summed E-state index contributed by atoms with van der Waals surface area (Å²) in [5.74, 6) is 1.77. The quantitative estimate of drug-likeness (QED) is 0.651. The molecule has 1 aromatic heterocycles. The Morgan fingerprint density at radius 1 is 1.09 bits per heavy atom. The smallest absolute Gasteiger partial charge is 0.121 e. The molecule has 2 aromatic carbocycles. The molecule has 2 N–H and O–H groups in total. The van der Waals surface area contributed by atoms with Gasteiger partial charge in [0.05, 0.1) is 7.11 Å². The second-order valence-corrected chi connectivity index (χ2v) is 5.53. The Kier molecular flexibility index (Phi) is 4.83. The molecule has 23 heavy (non-hydrogen) atoms. The molecule has 4 nitrogen and oxygen atoms in total. The lowest BCUT2D eigenvalue weighted by molar-refractivity contribution is 0.308. The molecular weight excluding hydrogens is 288 g/mol. The van der Waals surface area contributed by atoms with E-state index in [0.29, 0.717) is 6.61 Å². The summed E-state index contributed by atoms with van der Waals surface area (Å²) in [4.78, 5) is 3.19. The molecular formula is C19H22N2O2. The average molecular weight is 310 g/mol. The lowest BCUT2D eigenvalue weighted by Crippen LogP contribution is -2.24. The molecule has 0 aliphatic heterocycles. The Labute approximate surface area is 136 Å². The average Bonchev–Trinajstić information content (AvgIpc) is 3.06. The maximum absolute atomic E-state index is 5.81. The Balaban J connectivity index is 1.48. The van der Waals surface area contributed by atoms with E-state index < -0.39 is 0 Å². The summed E-state index contributed by atoms with van der Waals surface area (Å²) in [6.07, 6.45) is 1.94. The zero-order valence-electron chi connectivity index (χ0n) is 13.5. The van der Waals surface area contributed by atoms with Crippen molar-refractivity contribution in [3.8, 4) is 11.5 Å². The largest absolute Gasteiger partial charge is 0.497 e. The lowest BCUT2D eigenvalue weighted by atomic mass is 10.1. The van der Waals surface area contributed by atoms with Crippen molar-refractivity contribution in [3.63, 3.8) is 0 Å². The van der Waals surface area contributed by atoms with Crippen molar-refractivity contribution in [1.29, 1.82) is 0 Å². The van der Waals surface area contributed by atoms with Crippen molar-refractivity contribution < 1.29 is 9.47 Å². The van der Waals surface area contributed by atoms with Crippen LogP contribution >= 0.6 is 0 Å². The summed E-state index contributed by atoms with van der Waals surface area (Å²) in [5.41, 5.74) is 2.30. The van der Waals surface area contributed by atoms with Gasteiger partial charge in [-0.05, 0) is 48.2 Å². The highest BCUT2D eigenvalue weighted by Crippen LogP contribution is 2.20. The molecule has 3 aromatic rings. The van der Waals surface area contributed by atoms with Gasteiger partial charge in [0.15, 0.2) is 0 Å². The van der Waals surface area contributed by atoms with Crippen LogP contribution in [0.3, 0.4) is 0 Å². The molecule has 1 heterocycles. The summed E-state index contributed by atoms with van der Waals surface area (Å²) in [6.45, 7) is 3.54. The van der Waals surface area contributed by atoms with Crippen LogP contribution in [-0.2, 0) is 0 Å². The molecule has 0 fully saturated rings. The monoisotopic (exact) mass is 310 g/mol. The van der Waals surface area contributed by atoms with E-state index in [2.05, 4.69) is 41.5 Å². The van der Waals surface area contributed by atoms with Gasteiger partial charge in [0.25, 0.3) is 0 Å². The van der Waals surface area contributed by atoms with Gasteiger partial charge in [-0.25, -0.2) is 0 Å². The summed E-state index contributed by atoms with van der Waals surface area (Å²) >= 11 is 0. The number of ether oxygens (including phenoxy) is 2. The topological polar surface area (TPSA) is 46.3 Å². The molecule has 0 amide bonds. The van der Waals surface area contributed by atoms with Crippen molar-refractivity contribution in [2.75, 3.05) is 20.3 Å². The number of nitrogens with one attached hydrogen (secondary N) is 2. The predicted octanol–water partition coefficient (Wildman–Crippen LogP) is 3.91. The van der Waals surface area contributed by atoms with Crippen LogP contribution in [0.4, 0.5) is 0 Å². The Morgan fingerprint density at radius 3 is 2.87 bits per heavy atom. The molecule has 4 heteroatoms. The highest BCUT2D eigenvalue weighted by Gasteiger charge is 2.05. The maximum atomic E-state index is 5.81. The summed E-state index contributed by atoms with van der Waals surface area (Å²) in [5, 5.41) is 4.66. The van der Waals surface area contributed by atoms with Crippen LogP contribution in [0, 0.1) is 0 Å². The highest BCUT2D eigenvalue weighted by molar-refractivity contribution is 5.80. The zero-order valence-corrected chi connectivity index (χ0v) is 13.5. The first-order chi connectivity index (χ1) is 11.3. The van der Waals surface area contributed by atoms with E-state index in [-0.39, 0.29) is 6.04 Å². The van der Waals surface area contributed by atoms with Crippen LogP contribution in [0.15, 0.2) is 54.7 Å². The number of methoxy groups -OCH3 is 1. The normalized spacial score (nSPS) is 12.3. The third kappa shape index (κ3) is 3.85. The second-order valence-electron chi connectivity index (χ2n) is 5.53. The summed E-state index contributed by atoms with van der Waals surface area (Å²) in [7, 11) is 1.69.